The van der Waals surface area contributed by atoms with Crippen LogP contribution in [-0.2, 0) is 6.54 Å². The molecule has 2 aromatic rings. The van der Waals surface area contributed by atoms with Crippen molar-refractivity contribution in [2.75, 3.05) is 24.8 Å². The minimum atomic E-state index is 0.323. The largest absolute Gasteiger partial charge is 0.490 e. The first-order chi connectivity index (χ1) is 8.22. The fourth-order valence-corrected chi connectivity index (χ4v) is 1.56. The smallest absolute Gasteiger partial charge is 0.204 e. The van der Waals surface area contributed by atoms with Gasteiger partial charge >= 0.3 is 0 Å². The van der Waals surface area contributed by atoms with E-state index in [0.29, 0.717) is 23.9 Å². The van der Waals surface area contributed by atoms with E-state index in [1.807, 2.05) is 24.1 Å². The Morgan fingerprint density at radius 2 is 2.29 bits per heavy atom. The van der Waals surface area contributed by atoms with Crippen molar-refractivity contribution in [1.29, 1.82) is 0 Å². The molecule has 0 aliphatic carbocycles. The van der Waals surface area contributed by atoms with E-state index in [0.717, 1.165) is 5.76 Å². The Morgan fingerprint density at radius 3 is 2.94 bits per heavy atom. The second-order valence-corrected chi connectivity index (χ2v) is 3.55. The maximum absolute atomic E-state index is 5.72. The van der Waals surface area contributed by atoms with Crippen LogP contribution in [0.3, 0.4) is 0 Å². The van der Waals surface area contributed by atoms with E-state index in [-0.39, 0.29) is 0 Å². The number of hydrogen-bond donors (Lipinski definition) is 1. The highest BCUT2D eigenvalue weighted by atomic mass is 16.5. The van der Waals surface area contributed by atoms with Gasteiger partial charge in [-0.3, -0.25) is 0 Å². The third-order valence-electron chi connectivity index (χ3n) is 2.35. The first-order valence-corrected chi connectivity index (χ1v) is 5.10. The summed E-state index contributed by atoms with van der Waals surface area (Å²) in [6, 6.07) is 3.74. The molecular weight excluding hydrogens is 220 g/mol. The molecule has 2 rings (SSSR count). The van der Waals surface area contributed by atoms with Crippen molar-refractivity contribution in [3.05, 3.63) is 30.5 Å². The number of anilines is 2. The van der Waals surface area contributed by atoms with Crippen LogP contribution in [0.4, 0.5) is 11.6 Å². The van der Waals surface area contributed by atoms with Crippen molar-refractivity contribution in [1.82, 2.24) is 9.97 Å². The molecule has 0 spiro atoms. The third-order valence-corrected chi connectivity index (χ3v) is 2.35. The number of ether oxygens (including phenoxy) is 1. The van der Waals surface area contributed by atoms with Crippen molar-refractivity contribution in [2.24, 2.45) is 0 Å². The average molecular weight is 234 g/mol. The zero-order chi connectivity index (χ0) is 12.3. The van der Waals surface area contributed by atoms with Gasteiger partial charge in [0, 0.05) is 7.05 Å². The fourth-order valence-electron chi connectivity index (χ4n) is 1.56. The van der Waals surface area contributed by atoms with Crippen LogP contribution in [0.15, 0.2) is 29.1 Å². The number of nitrogen functional groups attached to an aromatic ring is 1. The normalized spacial score (nSPS) is 10.2. The first-order valence-electron chi connectivity index (χ1n) is 5.10. The van der Waals surface area contributed by atoms with Gasteiger partial charge < -0.3 is 19.8 Å². The van der Waals surface area contributed by atoms with Gasteiger partial charge in [0.25, 0.3) is 0 Å². The number of hydrogen-bond acceptors (Lipinski definition) is 6. The zero-order valence-electron chi connectivity index (χ0n) is 9.75. The molecule has 0 amide bonds. The summed E-state index contributed by atoms with van der Waals surface area (Å²) in [5, 5.41) is 0. The van der Waals surface area contributed by atoms with Gasteiger partial charge in [-0.2, -0.15) is 0 Å². The van der Waals surface area contributed by atoms with Crippen LogP contribution in [0.5, 0.6) is 5.75 Å². The van der Waals surface area contributed by atoms with Crippen LogP contribution in [0.1, 0.15) is 5.76 Å². The standard InChI is InChI=1S/C11H14N4O2/c1-15(6-8-4-3-5-17-8)11-9(16-2)10(12)13-7-14-11/h3-5,7H,6H2,1-2H3,(H2,12,13,14). The summed E-state index contributed by atoms with van der Waals surface area (Å²) in [6.07, 6.45) is 3.04. The molecule has 90 valence electrons. The summed E-state index contributed by atoms with van der Waals surface area (Å²) >= 11 is 0. The van der Waals surface area contributed by atoms with Gasteiger partial charge in [0.2, 0.25) is 5.75 Å². The minimum Gasteiger partial charge on any atom is -0.490 e. The predicted molar refractivity (Wildman–Crippen MR) is 63.8 cm³/mol. The zero-order valence-corrected chi connectivity index (χ0v) is 9.75. The molecule has 2 aromatic heterocycles. The van der Waals surface area contributed by atoms with Gasteiger partial charge in [0.15, 0.2) is 11.6 Å². The van der Waals surface area contributed by atoms with Crippen molar-refractivity contribution in [3.63, 3.8) is 0 Å². The van der Waals surface area contributed by atoms with E-state index in [4.69, 9.17) is 14.9 Å². The second kappa shape index (κ2) is 4.73. The van der Waals surface area contributed by atoms with Crippen LogP contribution in [0.25, 0.3) is 0 Å². The van der Waals surface area contributed by atoms with Gasteiger partial charge in [-0.25, -0.2) is 9.97 Å². The highest BCUT2D eigenvalue weighted by molar-refractivity contribution is 5.62. The number of nitrogens with zero attached hydrogens (tertiary/aromatic N) is 3. The molecule has 0 fully saturated rings. The van der Waals surface area contributed by atoms with Gasteiger partial charge in [-0.15, -0.1) is 0 Å². The van der Waals surface area contributed by atoms with Gasteiger partial charge in [0.1, 0.15) is 12.1 Å². The van der Waals surface area contributed by atoms with Crippen molar-refractivity contribution >= 4 is 11.6 Å². The maximum atomic E-state index is 5.72. The highest BCUT2D eigenvalue weighted by Gasteiger charge is 2.14. The predicted octanol–water partition coefficient (Wildman–Crippen LogP) is 1.30. The number of furan rings is 1. The van der Waals surface area contributed by atoms with E-state index in [2.05, 4.69) is 9.97 Å². The van der Waals surface area contributed by atoms with Crippen molar-refractivity contribution in [3.8, 4) is 5.75 Å². The van der Waals surface area contributed by atoms with Crippen molar-refractivity contribution in [2.45, 2.75) is 6.54 Å². The molecule has 0 atom stereocenters. The molecule has 6 nitrogen and oxygen atoms in total. The third kappa shape index (κ3) is 2.30. The van der Waals surface area contributed by atoms with Gasteiger partial charge in [-0.05, 0) is 12.1 Å². The lowest BCUT2D eigenvalue weighted by atomic mass is 10.4. The Morgan fingerprint density at radius 1 is 1.47 bits per heavy atom. The maximum Gasteiger partial charge on any atom is 0.204 e. The Kier molecular flexibility index (Phi) is 3.13. The second-order valence-electron chi connectivity index (χ2n) is 3.55. The Balaban J connectivity index is 2.24. The van der Waals surface area contributed by atoms with Crippen LogP contribution < -0.4 is 15.4 Å². The molecule has 2 N–H and O–H groups in total. The number of aromatic nitrogens is 2. The summed E-state index contributed by atoms with van der Waals surface area (Å²) in [6.45, 7) is 0.583. The summed E-state index contributed by atoms with van der Waals surface area (Å²) in [7, 11) is 3.42. The number of nitrogens with two attached hydrogens (primary N) is 1. The molecule has 0 saturated carbocycles. The molecular formula is C11H14N4O2. The molecule has 2 heterocycles. The number of rotatable bonds is 4. The lowest BCUT2D eigenvalue weighted by Gasteiger charge is -2.19. The molecule has 0 radical (unpaired) electrons. The van der Waals surface area contributed by atoms with Gasteiger partial charge in [0.05, 0.1) is 19.9 Å². The molecule has 0 aliphatic rings. The summed E-state index contributed by atoms with van der Waals surface area (Å²) < 4.78 is 10.5. The lowest BCUT2D eigenvalue weighted by molar-refractivity contribution is 0.412. The summed E-state index contributed by atoms with van der Waals surface area (Å²) in [5.41, 5.74) is 5.72. The average Bonchev–Trinajstić information content (AvgIpc) is 2.81. The van der Waals surface area contributed by atoms with E-state index < -0.39 is 0 Å². The summed E-state index contributed by atoms with van der Waals surface area (Å²) in [4.78, 5) is 9.93. The van der Waals surface area contributed by atoms with Crippen molar-refractivity contribution < 1.29 is 9.15 Å². The molecule has 6 heteroatoms. The van der Waals surface area contributed by atoms with Crippen LogP contribution in [-0.4, -0.2) is 24.1 Å². The van der Waals surface area contributed by atoms with Crippen LogP contribution >= 0.6 is 0 Å². The molecule has 0 unspecified atom stereocenters. The molecule has 0 aliphatic heterocycles. The van der Waals surface area contributed by atoms with E-state index in [9.17, 15) is 0 Å². The highest BCUT2D eigenvalue weighted by Crippen LogP contribution is 2.29. The van der Waals surface area contributed by atoms with Gasteiger partial charge in [-0.1, -0.05) is 0 Å². The van der Waals surface area contributed by atoms with Crippen LogP contribution in [0.2, 0.25) is 0 Å². The topological polar surface area (TPSA) is 77.4 Å². The van der Waals surface area contributed by atoms with E-state index in [1.165, 1.54) is 6.33 Å². The first kappa shape index (κ1) is 11.3. The molecule has 17 heavy (non-hydrogen) atoms. The molecule has 0 aromatic carbocycles. The van der Waals surface area contributed by atoms with E-state index >= 15 is 0 Å². The number of methoxy groups -OCH3 is 1. The van der Waals surface area contributed by atoms with Crippen LogP contribution in [0, 0.1) is 0 Å². The molecule has 0 saturated heterocycles. The SMILES string of the molecule is COc1c(N)ncnc1N(C)Cc1ccco1. The quantitative estimate of drug-likeness (QED) is 0.859. The Hall–Kier alpha value is -2.24. The minimum absolute atomic E-state index is 0.323. The Labute approximate surface area is 99.0 Å². The molecule has 0 bridgehead atoms. The summed E-state index contributed by atoms with van der Waals surface area (Å²) in [5.74, 6) is 2.27. The lowest BCUT2D eigenvalue weighted by Crippen LogP contribution is -2.19. The monoisotopic (exact) mass is 234 g/mol. The van der Waals surface area contributed by atoms with E-state index in [1.54, 1.807) is 13.4 Å². The Bertz CT molecular complexity index is 484. The fraction of sp³-hybridized carbons (Fsp3) is 0.273.